The highest BCUT2D eigenvalue weighted by molar-refractivity contribution is 5.82. The third-order valence-corrected chi connectivity index (χ3v) is 4.88. The summed E-state index contributed by atoms with van der Waals surface area (Å²) in [6.07, 6.45) is 16.9. The molecule has 3 rings (SSSR count). The summed E-state index contributed by atoms with van der Waals surface area (Å²) in [6.45, 7) is 4.08. The fraction of sp³-hybridized carbons (Fsp3) is 0.500. The van der Waals surface area contributed by atoms with Gasteiger partial charge in [0.05, 0.1) is 0 Å². The number of rotatable bonds is 2. The monoisotopic (exact) mass is 254 g/mol. The first-order chi connectivity index (χ1) is 9.16. The van der Waals surface area contributed by atoms with Gasteiger partial charge in [0.2, 0.25) is 0 Å². The molecule has 0 bridgehead atoms. The molecule has 1 heteroatoms. The van der Waals surface area contributed by atoms with Crippen molar-refractivity contribution in [2.75, 3.05) is 0 Å². The first kappa shape index (κ1) is 12.7. The molecule has 19 heavy (non-hydrogen) atoms. The van der Waals surface area contributed by atoms with Crippen molar-refractivity contribution in [1.29, 1.82) is 0 Å². The predicted octanol–water partition coefficient (Wildman–Crippen LogP) is 4.24. The maximum atomic E-state index is 11.4. The van der Waals surface area contributed by atoms with Gasteiger partial charge in [-0.15, -0.1) is 0 Å². The van der Waals surface area contributed by atoms with Gasteiger partial charge < -0.3 is 0 Å². The SMILES string of the molecule is CC(=O)C1CC1C1=CC=C2C=CC=CC2C(C)CC1. The molecule has 0 amide bonds. The molecule has 0 aromatic rings. The van der Waals surface area contributed by atoms with E-state index in [2.05, 4.69) is 43.4 Å². The lowest BCUT2D eigenvalue weighted by atomic mass is 9.79. The summed E-state index contributed by atoms with van der Waals surface area (Å²) in [6, 6.07) is 0. The Balaban J connectivity index is 1.83. The van der Waals surface area contributed by atoms with Crippen LogP contribution in [0.2, 0.25) is 0 Å². The van der Waals surface area contributed by atoms with Crippen LogP contribution in [-0.2, 0) is 4.79 Å². The summed E-state index contributed by atoms with van der Waals surface area (Å²) in [5, 5.41) is 0. The van der Waals surface area contributed by atoms with Crippen LogP contribution in [0.5, 0.6) is 0 Å². The number of hydrogen-bond donors (Lipinski definition) is 0. The predicted molar refractivity (Wildman–Crippen MR) is 78.6 cm³/mol. The fourth-order valence-corrected chi connectivity index (χ4v) is 3.48. The maximum absolute atomic E-state index is 11.4. The van der Waals surface area contributed by atoms with Crippen molar-refractivity contribution in [3.05, 3.63) is 47.6 Å². The van der Waals surface area contributed by atoms with Crippen LogP contribution in [0, 0.1) is 23.7 Å². The first-order valence-corrected chi connectivity index (χ1v) is 7.43. The van der Waals surface area contributed by atoms with Gasteiger partial charge in [-0.3, -0.25) is 4.79 Å². The van der Waals surface area contributed by atoms with E-state index in [1.54, 1.807) is 6.92 Å². The molecule has 0 spiro atoms. The summed E-state index contributed by atoms with van der Waals surface area (Å²) >= 11 is 0. The number of ketones is 1. The number of carbonyl (C=O) groups is 1. The highest BCUT2D eigenvalue weighted by atomic mass is 16.1. The van der Waals surface area contributed by atoms with E-state index in [1.807, 2.05) is 0 Å². The topological polar surface area (TPSA) is 17.1 Å². The second-order valence-corrected chi connectivity index (χ2v) is 6.25. The Hall–Kier alpha value is -1.37. The number of allylic oxidation sites excluding steroid dienone is 8. The molecule has 0 aromatic heterocycles. The minimum absolute atomic E-state index is 0.317. The molecule has 1 nitrogen and oxygen atoms in total. The average Bonchev–Trinajstić information content (AvgIpc) is 3.17. The van der Waals surface area contributed by atoms with Crippen LogP contribution in [0.3, 0.4) is 0 Å². The summed E-state index contributed by atoms with van der Waals surface area (Å²) in [7, 11) is 0. The van der Waals surface area contributed by atoms with Gasteiger partial charge >= 0.3 is 0 Å². The molecule has 4 unspecified atom stereocenters. The number of fused-ring (bicyclic) bond motifs is 1. The van der Waals surface area contributed by atoms with Crippen LogP contribution in [-0.4, -0.2) is 5.78 Å². The average molecular weight is 254 g/mol. The van der Waals surface area contributed by atoms with Crippen molar-refractivity contribution < 1.29 is 4.79 Å². The highest BCUT2D eigenvalue weighted by Gasteiger charge is 2.42. The van der Waals surface area contributed by atoms with Gasteiger partial charge in [-0.05, 0) is 43.6 Å². The van der Waals surface area contributed by atoms with E-state index in [0.717, 1.165) is 12.8 Å². The molecule has 3 aliphatic rings. The third-order valence-electron chi connectivity index (χ3n) is 4.88. The molecule has 0 saturated heterocycles. The Morgan fingerprint density at radius 2 is 2.11 bits per heavy atom. The quantitative estimate of drug-likeness (QED) is 0.720. The summed E-state index contributed by atoms with van der Waals surface area (Å²) in [5.74, 6) is 2.49. The molecule has 100 valence electrons. The van der Waals surface area contributed by atoms with Crippen LogP contribution in [0.15, 0.2) is 47.6 Å². The standard InChI is InChI=1S/C18H22O/c1-12-7-8-15(18-11-17(18)13(2)19)10-9-14-5-3-4-6-16(12)14/h3-6,9-10,12,16-18H,7-8,11H2,1-2H3. The lowest BCUT2D eigenvalue weighted by Crippen LogP contribution is -2.15. The summed E-state index contributed by atoms with van der Waals surface area (Å²) < 4.78 is 0. The van der Waals surface area contributed by atoms with Crippen molar-refractivity contribution in [1.82, 2.24) is 0 Å². The van der Waals surface area contributed by atoms with Crippen molar-refractivity contribution in [3.8, 4) is 0 Å². The molecule has 1 saturated carbocycles. The van der Waals surface area contributed by atoms with Gasteiger partial charge in [-0.1, -0.05) is 49.0 Å². The smallest absolute Gasteiger partial charge is 0.133 e. The van der Waals surface area contributed by atoms with Crippen molar-refractivity contribution >= 4 is 5.78 Å². The molecular weight excluding hydrogens is 232 g/mol. The second kappa shape index (κ2) is 4.96. The Bertz CT molecular complexity index is 504. The minimum atomic E-state index is 0.317. The Kier molecular flexibility index (Phi) is 3.30. The number of carbonyl (C=O) groups excluding carboxylic acids is 1. The molecule has 4 atom stereocenters. The zero-order chi connectivity index (χ0) is 13.4. The van der Waals surface area contributed by atoms with E-state index in [0.29, 0.717) is 29.5 Å². The van der Waals surface area contributed by atoms with E-state index in [4.69, 9.17) is 0 Å². The lowest BCUT2D eigenvalue weighted by Gasteiger charge is -2.26. The van der Waals surface area contributed by atoms with Crippen LogP contribution in [0.1, 0.15) is 33.1 Å². The number of hydrogen-bond acceptors (Lipinski definition) is 1. The van der Waals surface area contributed by atoms with Crippen LogP contribution in [0.4, 0.5) is 0 Å². The molecule has 0 heterocycles. The second-order valence-electron chi connectivity index (χ2n) is 6.25. The van der Waals surface area contributed by atoms with Crippen molar-refractivity contribution in [2.24, 2.45) is 23.7 Å². The Labute approximate surface area is 115 Å². The van der Waals surface area contributed by atoms with Gasteiger partial charge in [0.1, 0.15) is 5.78 Å². The molecule has 1 fully saturated rings. The van der Waals surface area contributed by atoms with Gasteiger partial charge in [-0.2, -0.15) is 0 Å². The maximum Gasteiger partial charge on any atom is 0.133 e. The molecule has 0 radical (unpaired) electrons. The first-order valence-electron chi connectivity index (χ1n) is 7.43. The van der Waals surface area contributed by atoms with Crippen LogP contribution >= 0.6 is 0 Å². The van der Waals surface area contributed by atoms with E-state index < -0.39 is 0 Å². The zero-order valence-corrected chi connectivity index (χ0v) is 11.8. The lowest BCUT2D eigenvalue weighted by molar-refractivity contribution is -0.118. The van der Waals surface area contributed by atoms with Crippen LogP contribution in [0.25, 0.3) is 0 Å². The van der Waals surface area contributed by atoms with Gasteiger partial charge in [-0.25, -0.2) is 0 Å². The van der Waals surface area contributed by atoms with Gasteiger partial charge in [0, 0.05) is 11.8 Å². The number of Topliss-reactive ketones (excluding diaryl/α,β-unsaturated/α-hetero) is 1. The minimum Gasteiger partial charge on any atom is -0.300 e. The Morgan fingerprint density at radius 3 is 2.84 bits per heavy atom. The third kappa shape index (κ3) is 2.51. The van der Waals surface area contributed by atoms with E-state index >= 15 is 0 Å². The highest BCUT2D eigenvalue weighted by Crippen LogP contribution is 2.47. The summed E-state index contributed by atoms with van der Waals surface area (Å²) in [4.78, 5) is 11.4. The zero-order valence-electron chi connectivity index (χ0n) is 11.8. The Morgan fingerprint density at radius 1 is 1.26 bits per heavy atom. The summed E-state index contributed by atoms with van der Waals surface area (Å²) in [5.41, 5.74) is 2.92. The van der Waals surface area contributed by atoms with Crippen LogP contribution < -0.4 is 0 Å². The molecule has 0 aromatic carbocycles. The van der Waals surface area contributed by atoms with Crippen molar-refractivity contribution in [3.63, 3.8) is 0 Å². The molecule has 0 N–H and O–H groups in total. The van der Waals surface area contributed by atoms with Gasteiger partial charge in [0.25, 0.3) is 0 Å². The molecule has 0 aliphatic heterocycles. The molecular formula is C18H22O. The van der Waals surface area contributed by atoms with E-state index in [1.165, 1.54) is 17.6 Å². The molecule has 3 aliphatic carbocycles. The largest absolute Gasteiger partial charge is 0.300 e. The normalized spacial score (nSPS) is 36.7. The fourth-order valence-electron chi connectivity index (χ4n) is 3.48. The van der Waals surface area contributed by atoms with E-state index in [9.17, 15) is 4.79 Å². The van der Waals surface area contributed by atoms with E-state index in [-0.39, 0.29) is 0 Å². The van der Waals surface area contributed by atoms with Gasteiger partial charge in [0.15, 0.2) is 0 Å². The van der Waals surface area contributed by atoms with Crippen molar-refractivity contribution in [2.45, 2.75) is 33.1 Å².